The zero-order valence-electron chi connectivity index (χ0n) is 9.21. The number of carbonyl (C=O) groups excluding carboxylic acids is 1. The molecule has 0 rings (SSSR count). The predicted octanol–water partition coefficient (Wildman–Crippen LogP) is 0.657. The Kier molecular flexibility index (Phi) is 8.57. The van der Waals surface area contributed by atoms with E-state index in [-0.39, 0.29) is 18.6 Å². The van der Waals surface area contributed by atoms with E-state index in [2.05, 4.69) is 19.2 Å². The molecule has 0 aliphatic heterocycles. The number of hydrogen-bond donors (Lipinski definition) is 2. The van der Waals surface area contributed by atoms with E-state index in [1.807, 2.05) is 0 Å². The van der Waals surface area contributed by atoms with E-state index >= 15 is 0 Å². The molecular formula is C10H22N2O2. The van der Waals surface area contributed by atoms with Crippen LogP contribution in [0.25, 0.3) is 0 Å². The molecule has 4 nitrogen and oxygen atoms in total. The molecule has 1 amide bonds. The monoisotopic (exact) mass is 202 g/mol. The van der Waals surface area contributed by atoms with Crippen molar-refractivity contribution in [3.05, 3.63) is 0 Å². The summed E-state index contributed by atoms with van der Waals surface area (Å²) in [5, 5.41) is 2.90. The van der Waals surface area contributed by atoms with Crippen LogP contribution in [0.15, 0.2) is 0 Å². The number of carbonyl (C=O) groups is 1. The Morgan fingerprint density at radius 3 is 2.57 bits per heavy atom. The largest absolute Gasteiger partial charge is 0.372 e. The van der Waals surface area contributed by atoms with E-state index in [4.69, 9.17) is 10.5 Å². The van der Waals surface area contributed by atoms with Gasteiger partial charge >= 0.3 is 0 Å². The van der Waals surface area contributed by atoms with Crippen molar-refractivity contribution >= 4 is 5.91 Å². The first-order chi connectivity index (χ1) is 6.74. The maximum atomic E-state index is 11.3. The van der Waals surface area contributed by atoms with Crippen molar-refractivity contribution in [2.45, 2.75) is 39.2 Å². The van der Waals surface area contributed by atoms with Crippen molar-refractivity contribution < 1.29 is 9.53 Å². The van der Waals surface area contributed by atoms with Gasteiger partial charge in [0.2, 0.25) is 5.91 Å². The summed E-state index contributed by atoms with van der Waals surface area (Å²) < 4.78 is 5.13. The molecule has 0 spiro atoms. The first-order valence-electron chi connectivity index (χ1n) is 5.31. The van der Waals surface area contributed by atoms with Gasteiger partial charge in [0.25, 0.3) is 0 Å². The minimum Gasteiger partial charge on any atom is -0.372 e. The van der Waals surface area contributed by atoms with Crippen LogP contribution in [0.1, 0.15) is 33.1 Å². The SMILES string of the molecule is CCC(CC)NC(=O)COCCCN. The Balaban J connectivity index is 3.44. The summed E-state index contributed by atoms with van der Waals surface area (Å²) >= 11 is 0. The Morgan fingerprint density at radius 1 is 1.43 bits per heavy atom. The van der Waals surface area contributed by atoms with Gasteiger partial charge < -0.3 is 15.8 Å². The molecule has 0 atom stereocenters. The highest BCUT2D eigenvalue weighted by molar-refractivity contribution is 5.77. The second-order valence-electron chi connectivity index (χ2n) is 3.28. The number of amides is 1. The Labute approximate surface area is 86.2 Å². The van der Waals surface area contributed by atoms with Crippen molar-refractivity contribution in [3.8, 4) is 0 Å². The summed E-state index contributed by atoms with van der Waals surface area (Å²) in [7, 11) is 0. The van der Waals surface area contributed by atoms with E-state index in [0.29, 0.717) is 13.2 Å². The Bertz CT molecular complexity index is 147. The number of hydrogen-bond acceptors (Lipinski definition) is 3. The van der Waals surface area contributed by atoms with E-state index < -0.39 is 0 Å². The summed E-state index contributed by atoms with van der Waals surface area (Å²) in [6, 6.07) is 0.278. The minimum absolute atomic E-state index is 0.0317. The van der Waals surface area contributed by atoms with Crippen LogP contribution in [-0.4, -0.2) is 31.7 Å². The van der Waals surface area contributed by atoms with Gasteiger partial charge in [0.1, 0.15) is 6.61 Å². The third-order valence-electron chi connectivity index (χ3n) is 2.08. The fourth-order valence-electron chi connectivity index (χ4n) is 1.11. The van der Waals surface area contributed by atoms with Crippen LogP contribution >= 0.6 is 0 Å². The van der Waals surface area contributed by atoms with Crippen LogP contribution in [0.3, 0.4) is 0 Å². The van der Waals surface area contributed by atoms with Gasteiger partial charge in [-0.25, -0.2) is 0 Å². The van der Waals surface area contributed by atoms with Crippen LogP contribution in [0.4, 0.5) is 0 Å². The zero-order valence-corrected chi connectivity index (χ0v) is 9.21. The van der Waals surface area contributed by atoms with Gasteiger partial charge in [-0.1, -0.05) is 13.8 Å². The summed E-state index contributed by atoms with van der Waals surface area (Å²) in [4.78, 5) is 11.3. The first-order valence-corrected chi connectivity index (χ1v) is 5.31. The molecule has 0 unspecified atom stereocenters. The quantitative estimate of drug-likeness (QED) is 0.568. The lowest BCUT2D eigenvalue weighted by molar-refractivity contribution is -0.126. The van der Waals surface area contributed by atoms with Gasteiger partial charge in [-0.2, -0.15) is 0 Å². The lowest BCUT2D eigenvalue weighted by Gasteiger charge is -2.14. The molecule has 0 radical (unpaired) electrons. The van der Waals surface area contributed by atoms with Crippen LogP contribution in [-0.2, 0) is 9.53 Å². The smallest absolute Gasteiger partial charge is 0.246 e. The highest BCUT2D eigenvalue weighted by Gasteiger charge is 2.07. The summed E-state index contributed by atoms with van der Waals surface area (Å²) in [5.41, 5.74) is 5.29. The van der Waals surface area contributed by atoms with Gasteiger partial charge in [0, 0.05) is 12.6 Å². The standard InChI is InChI=1S/C10H22N2O2/c1-3-9(4-2)12-10(13)8-14-7-5-6-11/h9H,3-8,11H2,1-2H3,(H,12,13). The molecule has 0 aliphatic carbocycles. The predicted molar refractivity (Wildman–Crippen MR) is 57.0 cm³/mol. The van der Waals surface area contributed by atoms with Crippen molar-refractivity contribution in [3.63, 3.8) is 0 Å². The molecule has 4 heteroatoms. The average molecular weight is 202 g/mol. The fraction of sp³-hybridized carbons (Fsp3) is 0.900. The maximum absolute atomic E-state index is 11.3. The van der Waals surface area contributed by atoms with E-state index in [1.54, 1.807) is 0 Å². The Morgan fingerprint density at radius 2 is 2.07 bits per heavy atom. The lowest BCUT2D eigenvalue weighted by Crippen LogP contribution is -2.36. The fourth-order valence-corrected chi connectivity index (χ4v) is 1.11. The molecule has 0 aromatic carbocycles. The second kappa shape index (κ2) is 8.97. The minimum atomic E-state index is -0.0317. The van der Waals surface area contributed by atoms with Gasteiger partial charge in [0.15, 0.2) is 0 Å². The lowest BCUT2D eigenvalue weighted by atomic mass is 10.2. The Hall–Kier alpha value is -0.610. The molecule has 3 N–H and O–H groups in total. The summed E-state index contributed by atoms with van der Waals surface area (Å²) in [5.74, 6) is -0.0317. The molecule has 0 aromatic heterocycles. The zero-order chi connectivity index (χ0) is 10.8. The third kappa shape index (κ3) is 6.86. The van der Waals surface area contributed by atoms with E-state index in [9.17, 15) is 4.79 Å². The molecule has 0 saturated heterocycles. The molecular weight excluding hydrogens is 180 g/mol. The van der Waals surface area contributed by atoms with Crippen LogP contribution in [0, 0.1) is 0 Å². The first kappa shape index (κ1) is 13.4. The van der Waals surface area contributed by atoms with Gasteiger partial charge in [-0.05, 0) is 25.8 Å². The van der Waals surface area contributed by atoms with Crippen LogP contribution in [0.5, 0.6) is 0 Å². The van der Waals surface area contributed by atoms with Gasteiger partial charge in [0.05, 0.1) is 0 Å². The van der Waals surface area contributed by atoms with Gasteiger partial charge in [-0.15, -0.1) is 0 Å². The number of nitrogens with one attached hydrogen (secondary N) is 1. The van der Waals surface area contributed by atoms with Crippen molar-refractivity contribution in [2.75, 3.05) is 19.8 Å². The number of nitrogens with two attached hydrogens (primary N) is 1. The topological polar surface area (TPSA) is 64.3 Å². The highest BCUT2D eigenvalue weighted by Crippen LogP contribution is 1.95. The summed E-state index contributed by atoms with van der Waals surface area (Å²) in [6.07, 6.45) is 2.73. The normalized spacial score (nSPS) is 10.6. The maximum Gasteiger partial charge on any atom is 0.246 e. The third-order valence-corrected chi connectivity index (χ3v) is 2.08. The van der Waals surface area contributed by atoms with Crippen molar-refractivity contribution in [2.24, 2.45) is 5.73 Å². The highest BCUT2D eigenvalue weighted by atomic mass is 16.5. The molecule has 84 valence electrons. The van der Waals surface area contributed by atoms with Crippen molar-refractivity contribution in [1.29, 1.82) is 0 Å². The van der Waals surface area contributed by atoms with Crippen LogP contribution in [0.2, 0.25) is 0 Å². The second-order valence-corrected chi connectivity index (χ2v) is 3.28. The average Bonchev–Trinajstić information content (AvgIpc) is 2.21. The molecule has 0 fully saturated rings. The number of ether oxygens (including phenoxy) is 1. The molecule has 0 saturated carbocycles. The molecule has 0 aliphatic rings. The van der Waals surface area contributed by atoms with Crippen LogP contribution < -0.4 is 11.1 Å². The summed E-state index contributed by atoms with van der Waals surface area (Å²) in [6.45, 7) is 5.44. The molecule has 0 heterocycles. The number of rotatable bonds is 8. The van der Waals surface area contributed by atoms with Crippen molar-refractivity contribution in [1.82, 2.24) is 5.32 Å². The molecule has 0 bridgehead atoms. The van der Waals surface area contributed by atoms with E-state index in [1.165, 1.54) is 0 Å². The molecule has 0 aromatic rings. The van der Waals surface area contributed by atoms with E-state index in [0.717, 1.165) is 19.3 Å². The van der Waals surface area contributed by atoms with Gasteiger partial charge in [-0.3, -0.25) is 4.79 Å². The molecule has 14 heavy (non-hydrogen) atoms.